The van der Waals surface area contributed by atoms with Crippen molar-refractivity contribution in [2.75, 3.05) is 13.1 Å². The molecule has 0 aliphatic rings. The molecule has 0 unspecified atom stereocenters. The number of hydrogen-bond acceptors (Lipinski definition) is 5. The van der Waals surface area contributed by atoms with Crippen molar-refractivity contribution in [2.24, 2.45) is 0 Å². The maximum Gasteiger partial charge on any atom is 0.257 e. The summed E-state index contributed by atoms with van der Waals surface area (Å²) in [6.07, 6.45) is 2.26. The normalized spacial score (nSPS) is 12.0. The fraction of sp³-hybridized carbons (Fsp3) is 0.500. The highest BCUT2D eigenvalue weighted by atomic mass is 35.5. The number of halogens is 1. The minimum Gasteiger partial charge on any atom is -0.350 e. The average molecular weight is 313 g/mol. The molecule has 116 valence electrons. The van der Waals surface area contributed by atoms with Crippen LogP contribution in [0.3, 0.4) is 0 Å². The zero-order chi connectivity index (χ0) is 14.5. The molecule has 0 aromatic carbocycles. The van der Waals surface area contributed by atoms with Crippen molar-refractivity contribution >= 4 is 29.4 Å². The van der Waals surface area contributed by atoms with Gasteiger partial charge in [-0.1, -0.05) is 19.0 Å². The van der Waals surface area contributed by atoms with E-state index < -0.39 is 0 Å². The Morgan fingerprint density at radius 3 is 2.86 bits per heavy atom. The second-order valence-electron chi connectivity index (χ2n) is 4.73. The molecule has 7 heteroatoms. The van der Waals surface area contributed by atoms with Gasteiger partial charge in [-0.15, -0.1) is 12.4 Å². The lowest BCUT2D eigenvalue weighted by atomic mass is 10.1. The molecule has 1 amide bonds. The third kappa shape index (κ3) is 4.15. The number of fused-ring (bicyclic) bond motifs is 1. The van der Waals surface area contributed by atoms with Gasteiger partial charge in [0.15, 0.2) is 0 Å². The molecule has 6 nitrogen and oxygen atoms in total. The van der Waals surface area contributed by atoms with Crippen LogP contribution in [0.4, 0.5) is 0 Å². The highest BCUT2D eigenvalue weighted by Gasteiger charge is 2.13. The molecule has 2 heterocycles. The van der Waals surface area contributed by atoms with Crippen LogP contribution in [0.5, 0.6) is 0 Å². The van der Waals surface area contributed by atoms with Gasteiger partial charge in [0, 0.05) is 18.8 Å². The first-order chi connectivity index (χ1) is 9.65. The van der Waals surface area contributed by atoms with Crippen molar-refractivity contribution in [3.8, 4) is 0 Å². The van der Waals surface area contributed by atoms with Crippen molar-refractivity contribution < 1.29 is 9.32 Å². The average Bonchev–Trinajstić information content (AvgIpc) is 2.87. The van der Waals surface area contributed by atoms with Gasteiger partial charge in [0.05, 0.1) is 16.6 Å². The summed E-state index contributed by atoms with van der Waals surface area (Å²) in [5.74, 6) is -0.132. The molecule has 0 fully saturated rings. The van der Waals surface area contributed by atoms with Crippen LogP contribution in [0.2, 0.25) is 0 Å². The van der Waals surface area contributed by atoms with Crippen LogP contribution >= 0.6 is 12.4 Å². The van der Waals surface area contributed by atoms with E-state index in [-0.39, 0.29) is 24.4 Å². The van der Waals surface area contributed by atoms with E-state index in [1.165, 1.54) is 6.20 Å². The Bertz CT molecular complexity index is 600. The van der Waals surface area contributed by atoms with Crippen molar-refractivity contribution in [2.45, 2.75) is 33.2 Å². The summed E-state index contributed by atoms with van der Waals surface area (Å²) in [4.78, 5) is 16.2. The van der Waals surface area contributed by atoms with Crippen molar-refractivity contribution in [1.29, 1.82) is 0 Å². The predicted molar refractivity (Wildman–Crippen MR) is 83.9 cm³/mol. The Morgan fingerprint density at radius 2 is 2.19 bits per heavy atom. The molecule has 2 N–H and O–H groups in total. The molecule has 0 saturated heterocycles. The molecule has 0 aliphatic heterocycles. The standard InChI is InChI=1S/C14H20N4O2.ClH/c1-4-12-11-6-10(8-17-14(11)20-18-12)13(19)16-7-9(3)15-5-2;/h6,8-9,15H,4-5,7H2,1-3H3,(H,16,19);1H/t9-;/m1./s1. The molecule has 2 aromatic heterocycles. The maximum atomic E-state index is 12.1. The van der Waals surface area contributed by atoms with Crippen LogP contribution < -0.4 is 10.6 Å². The fourth-order valence-corrected chi connectivity index (χ4v) is 2.03. The first-order valence-corrected chi connectivity index (χ1v) is 6.91. The number of likely N-dealkylation sites (N-methyl/N-ethyl adjacent to an activating group) is 1. The summed E-state index contributed by atoms with van der Waals surface area (Å²) in [5.41, 5.74) is 1.82. The van der Waals surface area contributed by atoms with Crippen LogP contribution in [0.1, 0.15) is 36.8 Å². The molecule has 2 rings (SSSR count). The molecule has 0 aliphatic carbocycles. The van der Waals surface area contributed by atoms with Crippen molar-refractivity contribution in [3.63, 3.8) is 0 Å². The number of rotatable bonds is 6. The van der Waals surface area contributed by atoms with E-state index in [0.29, 0.717) is 17.8 Å². The molecule has 21 heavy (non-hydrogen) atoms. The molecule has 0 saturated carbocycles. The number of aryl methyl sites for hydroxylation is 1. The highest BCUT2D eigenvalue weighted by Crippen LogP contribution is 2.18. The monoisotopic (exact) mass is 312 g/mol. The minimum absolute atomic E-state index is 0. The number of carbonyl (C=O) groups is 1. The number of hydrogen-bond donors (Lipinski definition) is 2. The fourth-order valence-electron chi connectivity index (χ4n) is 2.03. The van der Waals surface area contributed by atoms with Crippen molar-refractivity contribution in [3.05, 3.63) is 23.5 Å². The molecule has 0 spiro atoms. The van der Waals surface area contributed by atoms with E-state index in [0.717, 1.165) is 24.0 Å². The highest BCUT2D eigenvalue weighted by molar-refractivity contribution is 5.97. The number of amides is 1. The summed E-state index contributed by atoms with van der Waals surface area (Å²) < 4.78 is 5.10. The van der Waals surface area contributed by atoms with E-state index in [1.807, 2.05) is 20.8 Å². The molecule has 0 radical (unpaired) electrons. The Morgan fingerprint density at radius 1 is 1.43 bits per heavy atom. The van der Waals surface area contributed by atoms with E-state index >= 15 is 0 Å². The van der Waals surface area contributed by atoms with Gasteiger partial charge in [-0.25, -0.2) is 4.98 Å². The summed E-state index contributed by atoms with van der Waals surface area (Å²) in [6.45, 7) is 7.51. The zero-order valence-electron chi connectivity index (χ0n) is 12.5. The summed E-state index contributed by atoms with van der Waals surface area (Å²) in [5, 5.41) is 10.9. The van der Waals surface area contributed by atoms with Gasteiger partial charge < -0.3 is 15.2 Å². The van der Waals surface area contributed by atoms with Crippen molar-refractivity contribution in [1.82, 2.24) is 20.8 Å². The molecular formula is C14H21ClN4O2. The zero-order valence-corrected chi connectivity index (χ0v) is 13.3. The molecule has 2 aromatic rings. The second kappa shape index (κ2) is 7.95. The molecule has 1 atom stereocenters. The Balaban J connectivity index is 0.00000220. The largest absolute Gasteiger partial charge is 0.350 e. The lowest BCUT2D eigenvalue weighted by Gasteiger charge is -2.13. The number of aromatic nitrogens is 2. The van der Waals surface area contributed by atoms with Crippen LogP contribution in [-0.2, 0) is 6.42 Å². The van der Waals surface area contributed by atoms with Crippen LogP contribution in [0.15, 0.2) is 16.8 Å². The molecule has 0 bridgehead atoms. The SMILES string of the molecule is CCN[C@H](C)CNC(=O)c1cnc2onc(CC)c2c1.Cl. The Labute approximate surface area is 130 Å². The van der Waals surface area contributed by atoms with Crippen LogP contribution in [0, 0.1) is 0 Å². The van der Waals surface area contributed by atoms with E-state index in [4.69, 9.17) is 4.52 Å². The van der Waals surface area contributed by atoms with E-state index in [9.17, 15) is 4.79 Å². The number of pyridine rings is 1. The number of nitrogens with one attached hydrogen (secondary N) is 2. The Hall–Kier alpha value is -1.66. The summed E-state index contributed by atoms with van der Waals surface area (Å²) >= 11 is 0. The van der Waals surface area contributed by atoms with Gasteiger partial charge in [0.1, 0.15) is 0 Å². The third-order valence-corrected chi connectivity index (χ3v) is 3.12. The van der Waals surface area contributed by atoms with E-state index in [2.05, 4.69) is 20.8 Å². The first kappa shape index (κ1) is 17.4. The topological polar surface area (TPSA) is 80.0 Å². The van der Waals surface area contributed by atoms with Gasteiger partial charge in [0.25, 0.3) is 11.6 Å². The number of nitrogens with zero attached hydrogens (tertiary/aromatic N) is 2. The lowest BCUT2D eigenvalue weighted by Crippen LogP contribution is -2.38. The number of carbonyl (C=O) groups excluding carboxylic acids is 1. The lowest BCUT2D eigenvalue weighted by molar-refractivity contribution is 0.0950. The van der Waals surface area contributed by atoms with Gasteiger partial charge in [-0.05, 0) is 26.0 Å². The second-order valence-corrected chi connectivity index (χ2v) is 4.73. The molecular weight excluding hydrogens is 292 g/mol. The van der Waals surface area contributed by atoms with Gasteiger partial charge in [-0.2, -0.15) is 0 Å². The van der Waals surface area contributed by atoms with Crippen LogP contribution in [-0.4, -0.2) is 35.2 Å². The van der Waals surface area contributed by atoms with E-state index in [1.54, 1.807) is 6.07 Å². The Kier molecular flexibility index (Phi) is 6.58. The van der Waals surface area contributed by atoms with Gasteiger partial charge >= 0.3 is 0 Å². The minimum atomic E-state index is -0.132. The summed E-state index contributed by atoms with van der Waals surface area (Å²) in [6, 6.07) is 2.02. The quantitative estimate of drug-likeness (QED) is 0.852. The predicted octanol–water partition coefficient (Wildman–Crippen LogP) is 1.93. The maximum absolute atomic E-state index is 12.1. The third-order valence-electron chi connectivity index (χ3n) is 3.12. The van der Waals surface area contributed by atoms with Crippen LogP contribution in [0.25, 0.3) is 11.1 Å². The first-order valence-electron chi connectivity index (χ1n) is 6.91. The summed E-state index contributed by atoms with van der Waals surface area (Å²) in [7, 11) is 0. The van der Waals surface area contributed by atoms with Gasteiger partial charge in [-0.3, -0.25) is 4.79 Å². The van der Waals surface area contributed by atoms with Gasteiger partial charge in [0.2, 0.25) is 0 Å². The smallest absolute Gasteiger partial charge is 0.257 e.